The molecule has 1 aromatic carbocycles. The van der Waals surface area contributed by atoms with Gasteiger partial charge in [0.15, 0.2) is 5.60 Å². The third-order valence-electron chi connectivity index (χ3n) is 3.78. The van der Waals surface area contributed by atoms with Gasteiger partial charge in [0.1, 0.15) is 5.75 Å². The molecule has 1 saturated heterocycles. The summed E-state index contributed by atoms with van der Waals surface area (Å²) in [5.74, 6) is 0.666. The lowest BCUT2D eigenvalue weighted by Gasteiger charge is -2.41. The van der Waals surface area contributed by atoms with Gasteiger partial charge < -0.3 is 14.8 Å². The van der Waals surface area contributed by atoms with E-state index in [4.69, 9.17) is 9.47 Å². The number of anilines is 1. The number of nitrogens with one attached hydrogen (secondary N) is 1. The van der Waals surface area contributed by atoms with Crippen molar-refractivity contribution in [3.8, 4) is 11.6 Å². The molecule has 1 atom stereocenters. The van der Waals surface area contributed by atoms with Crippen LogP contribution >= 0.6 is 0 Å². The Balaban J connectivity index is 1.99. The third kappa shape index (κ3) is 2.39. The van der Waals surface area contributed by atoms with Crippen LogP contribution in [0.2, 0.25) is 0 Å². The van der Waals surface area contributed by atoms with Gasteiger partial charge in [-0.1, -0.05) is 18.2 Å². The van der Waals surface area contributed by atoms with Gasteiger partial charge in [0.05, 0.1) is 12.3 Å². The maximum atomic E-state index is 13.5. The Hall–Kier alpha value is -2.21. The lowest BCUT2D eigenvalue weighted by atomic mass is 9.86. The van der Waals surface area contributed by atoms with Crippen LogP contribution in [0.25, 0.3) is 0 Å². The Morgan fingerprint density at radius 1 is 1.27 bits per heavy atom. The van der Waals surface area contributed by atoms with Crippen LogP contribution in [0.5, 0.6) is 11.6 Å². The number of benzene rings is 1. The molecule has 1 fully saturated rings. The molecule has 0 saturated carbocycles. The van der Waals surface area contributed by atoms with Crippen molar-refractivity contribution in [2.24, 2.45) is 0 Å². The number of alkyl halides is 2. The first-order valence-corrected chi connectivity index (χ1v) is 6.99. The molecule has 1 aliphatic heterocycles. The Bertz CT molecular complexity index is 660. The van der Waals surface area contributed by atoms with E-state index in [9.17, 15) is 8.78 Å². The molecule has 0 bridgehead atoms. The van der Waals surface area contributed by atoms with Gasteiger partial charge in [-0.15, -0.1) is 0 Å². The normalized spacial score (nSPS) is 20.5. The van der Waals surface area contributed by atoms with Crippen molar-refractivity contribution in [3.05, 3.63) is 48.2 Å². The second-order valence-electron chi connectivity index (χ2n) is 4.99. The molecule has 3 rings (SSSR count). The SMILES string of the molecule is CNc1cccnc1Oc1ccccc1C1(C(F)F)CCO1. The fourth-order valence-corrected chi connectivity index (χ4v) is 2.50. The fraction of sp³-hybridized carbons (Fsp3) is 0.312. The van der Waals surface area contributed by atoms with Gasteiger partial charge >= 0.3 is 0 Å². The zero-order valence-electron chi connectivity index (χ0n) is 12.1. The molecule has 0 radical (unpaired) electrons. The summed E-state index contributed by atoms with van der Waals surface area (Å²) in [6.45, 7) is 0.323. The van der Waals surface area contributed by atoms with Crippen LogP contribution in [0.3, 0.4) is 0 Å². The molecule has 1 unspecified atom stereocenters. The second kappa shape index (κ2) is 5.88. The van der Waals surface area contributed by atoms with Crippen molar-refractivity contribution in [2.45, 2.75) is 18.4 Å². The highest BCUT2D eigenvalue weighted by Crippen LogP contribution is 2.47. The zero-order chi connectivity index (χ0) is 15.6. The van der Waals surface area contributed by atoms with Crippen LogP contribution in [-0.2, 0) is 10.3 Å². The van der Waals surface area contributed by atoms with Gasteiger partial charge in [-0.3, -0.25) is 0 Å². The molecule has 22 heavy (non-hydrogen) atoms. The Labute approximate surface area is 127 Å². The summed E-state index contributed by atoms with van der Waals surface area (Å²) in [5.41, 5.74) is -0.549. The van der Waals surface area contributed by atoms with Crippen molar-refractivity contribution < 1.29 is 18.3 Å². The number of rotatable bonds is 5. The first kappa shape index (κ1) is 14.7. The lowest BCUT2D eigenvalue weighted by Crippen LogP contribution is -2.47. The van der Waals surface area contributed by atoms with E-state index in [1.165, 1.54) is 0 Å². The summed E-state index contributed by atoms with van der Waals surface area (Å²) in [7, 11) is 1.74. The average Bonchev–Trinajstić information content (AvgIpc) is 2.48. The number of ether oxygens (including phenoxy) is 2. The second-order valence-corrected chi connectivity index (χ2v) is 4.99. The van der Waals surface area contributed by atoms with Gasteiger partial charge in [-0.05, 0) is 18.2 Å². The van der Waals surface area contributed by atoms with Crippen molar-refractivity contribution in [3.63, 3.8) is 0 Å². The van der Waals surface area contributed by atoms with Crippen LogP contribution in [0.4, 0.5) is 14.5 Å². The lowest BCUT2D eigenvalue weighted by molar-refractivity contribution is -0.226. The number of aromatic nitrogens is 1. The first-order valence-electron chi connectivity index (χ1n) is 6.99. The Morgan fingerprint density at radius 2 is 2.05 bits per heavy atom. The maximum absolute atomic E-state index is 13.5. The highest BCUT2D eigenvalue weighted by atomic mass is 19.3. The quantitative estimate of drug-likeness (QED) is 0.912. The summed E-state index contributed by atoms with van der Waals surface area (Å²) in [6.07, 6.45) is -0.758. The molecule has 1 N–H and O–H groups in total. The largest absolute Gasteiger partial charge is 0.437 e. The van der Waals surface area contributed by atoms with Crippen molar-refractivity contribution in [1.82, 2.24) is 4.98 Å². The van der Waals surface area contributed by atoms with Crippen molar-refractivity contribution in [1.29, 1.82) is 0 Å². The molecule has 1 aromatic heterocycles. The Kier molecular flexibility index (Phi) is 3.94. The van der Waals surface area contributed by atoms with E-state index in [0.29, 0.717) is 29.5 Å². The summed E-state index contributed by atoms with van der Waals surface area (Å²) in [6, 6.07) is 10.3. The maximum Gasteiger partial charge on any atom is 0.271 e. The first-order chi connectivity index (χ1) is 10.7. The fourth-order valence-electron chi connectivity index (χ4n) is 2.50. The Morgan fingerprint density at radius 3 is 2.68 bits per heavy atom. The molecule has 4 nitrogen and oxygen atoms in total. The molecule has 2 aromatic rings. The van der Waals surface area contributed by atoms with E-state index in [0.717, 1.165) is 0 Å². The van der Waals surface area contributed by atoms with E-state index < -0.39 is 12.0 Å². The topological polar surface area (TPSA) is 43.4 Å². The van der Waals surface area contributed by atoms with E-state index >= 15 is 0 Å². The highest BCUT2D eigenvalue weighted by molar-refractivity contribution is 5.54. The minimum absolute atomic E-state index is 0.270. The third-order valence-corrected chi connectivity index (χ3v) is 3.78. The monoisotopic (exact) mass is 306 g/mol. The molecule has 2 heterocycles. The number of para-hydroxylation sites is 1. The molecule has 116 valence electrons. The summed E-state index contributed by atoms with van der Waals surface area (Å²) in [4.78, 5) is 4.14. The minimum atomic E-state index is -2.61. The van der Waals surface area contributed by atoms with Crippen LogP contribution in [0.15, 0.2) is 42.6 Å². The number of hydrogen-bond donors (Lipinski definition) is 1. The number of pyridine rings is 1. The number of halogens is 2. The van der Waals surface area contributed by atoms with Gasteiger partial charge in [0.25, 0.3) is 6.43 Å². The van der Waals surface area contributed by atoms with Gasteiger partial charge in [-0.2, -0.15) is 0 Å². The smallest absolute Gasteiger partial charge is 0.271 e. The molecular weight excluding hydrogens is 290 g/mol. The van der Waals surface area contributed by atoms with Crippen molar-refractivity contribution in [2.75, 3.05) is 19.0 Å². The van der Waals surface area contributed by atoms with Gasteiger partial charge in [0.2, 0.25) is 5.88 Å². The standard InChI is InChI=1S/C16H16F2N2O2/c1-19-12-6-4-9-20-14(12)22-13-7-3-2-5-11(13)16(15(17)18)8-10-21-16/h2-7,9,15,19H,8,10H2,1H3. The van der Waals surface area contributed by atoms with E-state index in [1.54, 1.807) is 49.6 Å². The van der Waals surface area contributed by atoms with E-state index in [-0.39, 0.29) is 6.42 Å². The highest BCUT2D eigenvalue weighted by Gasteiger charge is 2.50. The van der Waals surface area contributed by atoms with Crippen LogP contribution < -0.4 is 10.1 Å². The molecular formula is C16H16F2N2O2. The van der Waals surface area contributed by atoms with Gasteiger partial charge in [-0.25, -0.2) is 13.8 Å². The predicted molar refractivity (Wildman–Crippen MR) is 78.6 cm³/mol. The average molecular weight is 306 g/mol. The van der Waals surface area contributed by atoms with E-state index in [1.807, 2.05) is 0 Å². The number of nitrogens with zero attached hydrogens (tertiary/aromatic N) is 1. The van der Waals surface area contributed by atoms with Gasteiger partial charge in [0, 0.05) is 25.2 Å². The van der Waals surface area contributed by atoms with Crippen LogP contribution in [-0.4, -0.2) is 25.1 Å². The van der Waals surface area contributed by atoms with Crippen LogP contribution in [0, 0.1) is 0 Å². The summed E-state index contributed by atoms with van der Waals surface area (Å²) in [5, 5.41) is 2.96. The summed E-state index contributed by atoms with van der Waals surface area (Å²) < 4.78 is 38.0. The molecule has 0 spiro atoms. The minimum Gasteiger partial charge on any atom is -0.437 e. The predicted octanol–water partition coefficient (Wildman–Crippen LogP) is 3.80. The van der Waals surface area contributed by atoms with E-state index in [2.05, 4.69) is 10.3 Å². The van der Waals surface area contributed by atoms with Crippen molar-refractivity contribution >= 4 is 5.69 Å². The molecule has 6 heteroatoms. The molecule has 0 aliphatic carbocycles. The van der Waals surface area contributed by atoms with Crippen LogP contribution in [0.1, 0.15) is 12.0 Å². The molecule has 0 amide bonds. The zero-order valence-corrected chi connectivity index (χ0v) is 12.1. The molecule has 1 aliphatic rings. The number of hydrogen-bond acceptors (Lipinski definition) is 4. The summed E-state index contributed by atoms with van der Waals surface area (Å²) >= 11 is 0.